The van der Waals surface area contributed by atoms with Crippen LogP contribution in [0.5, 0.6) is 5.75 Å². The summed E-state index contributed by atoms with van der Waals surface area (Å²) in [6.07, 6.45) is 2.63. The van der Waals surface area contributed by atoms with Gasteiger partial charge in [-0.2, -0.15) is 0 Å². The number of ether oxygens (including phenoxy) is 2. The van der Waals surface area contributed by atoms with Gasteiger partial charge in [0.1, 0.15) is 11.4 Å². The minimum Gasteiger partial charge on any atom is -0.491 e. The van der Waals surface area contributed by atoms with Crippen LogP contribution in [0.25, 0.3) is 0 Å². The highest BCUT2D eigenvalue weighted by Gasteiger charge is 2.33. The van der Waals surface area contributed by atoms with Gasteiger partial charge in [0.15, 0.2) is 0 Å². The van der Waals surface area contributed by atoms with Crippen molar-refractivity contribution in [3.05, 3.63) is 24.3 Å². The maximum absolute atomic E-state index is 12.5. The van der Waals surface area contributed by atoms with E-state index >= 15 is 0 Å². The molecule has 1 atom stereocenters. The van der Waals surface area contributed by atoms with Crippen LogP contribution in [0.2, 0.25) is 0 Å². The molecular weight excluding hydrogens is 278 g/mol. The highest BCUT2D eigenvalue weighted by Crippen LogP contribution is 2.22. The largest absolute Gasteiger partial charge is 0.491 e. The SMILES string of the molecule is CCCO[C@](C)(CCC)C(=O)Nc1ccc(OC(C)C)cc1. The van der Waals surface area contributed by atoms with E-state index in [1.54, 1.807) is 0 Å². The number of anilines is 1. The van der Waals surface area contributed by atoms with Gasteiger partial charge in [-0.05, 0) is 57.9 Å². The highest BCUT2D eigenvalue weighted by atomic mass is 16.5. The summed E-state index contributed by atoms with van der Waals surface area (Å²) in [5.41, 5.74) is -0.0266. The first-order chi connectivity index (χ1) is 10.4. The summed E-state index contributed by atoms with van der Waals surface area (Å²) in [5, 5.41) is 2.94. The number of nitrogens with one attached hydrogen (secondary N) is 1. The van der Waals surface area contributed by atoms with Crippen molar-refractivity contribution in [1.29, 1.82) is 0 Å². The molecule has 22 heavy (non-hydrogen) atoms. The molecule has 0 aliphatic carbocycles. The molecule has 1 amide bonds. The summed E-state index contributed by atoms with van der Waals surface area (Å²) in [6, 6.07) is 7.42. The summed E-state index contributed by atoms with van der Waals surface area (Å²) in [7, 11) is 0. The lowest BCUT2D eigenvalue weighted by Gasteiger charge is -2.28. The standard InChI is InChI=1S/C18H29NO3/c1-6-12-18(5,21-13-7-2)17(20)19-15-8-10-16(11-9-15)22-14(3)4/h8-11,14H,6-7,12-13H2,1-5H3,(H,19,20)/t18-/m1/s1. The summed E-state index contributed by atoms with van der Waals surface area (Å²) >= 11 is 0. The molecule has 1 aromatic carbocycles. The number of hydrogen-bond acceptors (Lipinski definition) is 3. The third kappa shape index (κ3) is 5.68. The second-order valence-electron chi connectivity index (χ2n) is 5.97. The highest BCUT2D eigenvalue weighted by molar-refractivity contribution is 5.97. The Bertz CT molecular complexity index is 456. The lowest BCUT2D eigenvalue weighted by atomic mass is 9.99. The summed E-state index contributed by atoms with van der Waals surface area (Å²) in [4.78, 5) is 12.5. The van der Waals surface area contributed by atoms with Crippen molar-refractivity contribution in [3.8, 4) is 5.75 Å². The summed E-state index contributed by atoms with van der Waals surface area (Å²) in [6.45, 7) is 10.5. The van der Waals surface area contributed by atoms with Crippen LogP contribution in [0.1, 0.15) is 53.9 Å². The molecule has 1 rings (SSSR count). The third-order valence-corrected chi connectivity index (χ3v) is 3.32. The van der Waals surface area contributed by atoms with Gasteiger partial charge in [0.25, 0.3) is 5.91 Å². The molecule has 0 radical (unpaired) electrons. The molecule has 0 saturated heterocycles. The normalized spacial score (nSPS) is 13.7. The maximum atomic E-state index is 12.5. The molecule has 124 valence electrons. The number of hydrogen-bond donors (Lipinski definition) is 1. The molecule has 0 aliphatic rings. The Morgan fingerprint density at radius 2 is 1.82 bits per heavy atom. The van der Waals surface area contributed by atoms with Crippen LogP contribution in [-0.2, 0) is 9.53 Å². The van der Waals surface area contributed by atoms with Gasteiger partial charge >= 0.3 is 0 Å². The van der Waals surface area contributed by atoms with E-state index in [4.69, 9.17) is 9.47 Å². The van der Waals surface area contributed by atoms with Crippen LogP contribution < -0.4 is 10.1 Å². The Kier molecular flexibility index (Phi) is 7.39. The topological polar surface area (TPSA) is 47.6 Å². The lowest BCUT2D eigenvalue weighted by molar-refractivity contribution is -0.140. The Labute approximate surface area is 134 Å². The zero-order valence-corrected chi connectivity index (χ0v) is 14.4. The Hall–Kier alpha value is -1.55. The smallest absolute Gasteiger partial charge is 0.256 e. The second kappa shape index (κ2) is 8.79. The molecule has 0 unspecified atom stereocenters. The van der Waals surface area contributed by atoms with Crippen molar-refractivity contribution in [3.63, 3.8) is 0 Å². The second-order valence-corrected chi connectivity index (χ2v) is 5.97. The first kappa shape index (κ1) is 18.5. The van der Waals surface area contributed by atoms with E-state index in [1.165, 1.54) is 0 Å². The molecule has 1 aromatic rings. The molecule has 4 nitrogen and oxygen atoms in total. The minimum absolute atomic E-state index is 0.0969. The van der Waals surface area contributed by atoms with Gasteiger partial charge in [-0.3, -0.25) is 4.79 Å². The fraction of sp³-hybridized carbons (Fsp3) is 0.611. The van der Waals surface area contributed by atoms with Gasteiger partial charge < -0.3 is 14.8 Å². The van der Waals surface area contributed by atoms with E-state index in [0.29, 0.717) is 13.0 Å². The van der Waals surface area contributed by atoms with Crippen LogP contribution in [0.4, 0.5) is 5.69 Å². The van der Waals surface area contributed by atoms with Crippen molar-refractivity contribution in [2.75, 3.05) is 11.9 Å². The van der Waals surface area contributed by atoms with Gasteiger partial charge in [-0.25, -0.2) is 0 Å². The number of benzene rings is 1. The Balaban J connectivity index is 2.72. The average Bonchev–Trinajstić information content (AvgIpc) is 2.47. The number of amides is 1. The number of rotatable bonds is 9. The molecule has 1 N–H and O–H groups in total. The molecule has 0 fully saturated rings. The first-order valence-corrected chi connectivity index (χ1v) is 8.13. The van der Waals surface area contributed by atoms with E-state index in [0.717, 1.165) is 24.3 Å². The van der Waals surface area contributed by atoms with Gasteiger partial charge in [0.2, 0.25) is 0 Å². The quantitative estimate of drug-likeness (QED) is 0.735. The average molecular weight is 307 g/mol. The molecule has 0 bridgehead atoms. The summed E-state index contributed by atoms with van der Waals surface area (Å²) in [5.74, 6) is 0.701. The maximum Gasteiger partial charge on any atom is 0.256 e. The van der Waals surface area contributed by atoms with Crippen molar-refractivity contribution >= 4 is 11.6 Å². The van der Waals surface area contributed by atoms with Crippen molar-refractivity contribution in [1.82, 2.24) is 0 Å². The van der Waals surface area contributed by atoms with Crippen molar-refractivity contribution in [2.45, 2.75) is 65.6 Å². The van der Waals surface area contributed by atoms with Crippen LogP contribution in [0, 0.1) is 0 Å². The monoisotopic (exact) mass is 307 g/mol. The molecule has 0 heterocycles. The third-order valence-electron chi connectivity index (χ3n) is 3.32. The Morgan fingerprint density at radius 1 is 1.18 bits per heavy atom. The van der Waals surface area contributed by atoms with Gasteiger partial charge in [-0.1, -0.05) is 20.3 Å². The fourth-order valence-corrected chi connectivity index (χ4v) is 2.21. The van der Waals surface area contributed by atoms with Crippen molar-refractivity contribution in [2.24, 2.45) is 0 Å². The minimum atomic E-state index is -0.780. The van der Waals surface area contributed by atoms with Crippen LogP contribution in [-0.4, -0.2) is 24.2 Å². The first-order valence-electron chi connectivity index (χ1n) is 8.13. The lowest BCUT2D eigenvalue weighted by Crippen LogP contribution is -2.43. The zero-order chi connectivity index (χ0) is 16.6. The van der Waals surface area contributed by atoms with E-state index in [1.807, 2.05) is 52.0 Å². The van der Waals surface area contributed by atoms with Crippen LogP contribution >= 0.6 is 0 Å². The Morgan fingerprint density at radius 3 is 2.32 bits per heavy atom. The van der Waals surface area contributed by atoms with Gasteiger partial charge in [0, 0.05) is 12.3 Å². The van der Waals surface area contributed by atoms with Gasteiger partial charge in [-0.15, -0.1) is 0 Å². The molecule has 0 aliphatic heterocycles. The molecule has 4 heteroatoms. The predicted molar refractivity (Wildman–Crippen MR) is 90.4 cm³/mol. The van der Waals surface area contributed by atoms with Crippen LogP contribution in [0.15, 0.2) is 24.3 Å². The van der Waals surface area contributed by atoms with Gasteiger partial charge in [0.05, 0.1) is 6.10 Å². The van der Waals surface area contributed by atoms with E-state index in [-0.39, 0.29) is 12.0 Å². The summed E-state index contributed by atoms with van der Waals surface area (Å²) < 4.78 is 11.4. The molecule has 0 aromatic heterocycles. The number of carbonyl (C=O) groups excluding carboxylic acids is 1. The zero-order valence-electron chi connectivity index (χ0n) is 14.4. The van der Waals surface area contributed by atoms with E-state index in [9.17, 15) is 4.79 Å². The molecule has 0 saturated carbocycles. The molecule has 0 spiro atoms. The van der Waals surface area contributed by atoms with E-state index < -0.39 is 5.60 Å². The van der Waals surface area contributed by atoms with Crippen LogP contribution in [0.3, 0.4) is 0 Å². The number of carbonyl (C=O) groups is 1. The van der Waals surface area contributed by atoms with E-state index in [2.05, 4.69) is 12.2 Å². The predicted octanol–water partition coefficient (Wildman–Crippen LogP) is 4.40. The van der Waals surface area contributed by atoms with Crippen molar-refractivity contribution < 1.29 is 14.3 Å². The molecular formula is C18H29NO3. The fourth-order valence-electron chi connectivity index (χ4n) is 2.21.